The molecule has 1 fully saturated rings. The maximum absolute atomic E-state index is 12.3. The molecule has 1 aromatic rings. The van der Waals surface area contributed by atoms with E-state index in [2.05, 4.69) is 21.2 Å². The number of rotatable bonds is 2. The van der Waals surface area contributed by atoms with Crippen molar-refractivity contribution in [1.82, 2.24) is 9.80 Å². The minimum Gasteiger partial charge on any atom is -0.331 e. The van der Waals surface area contributed by atoms with Crippen molar-refractivity contribution in [1.29, 1.82) is 0 Å². The van der Waals surface area contributed by atoms with Gasteiger partial charge in [-0.05, 0) is 37.1 Å². The molecule has 6 heteroatoms. The summed E-state index contributed by atoms with van der Waals surface area (Å²) in [4.78, 5) is 27.6. The van der Waals surface area contributed by atoms with Crippen LogP contribution in [0.15, 0.2) is 28.7 Å². The fraction of sp³-hybridized carbons (Fsp3) is 0.467. The Balaban J connectivity index is 1.96. The van der Waals surface area contributed by atoms with Crippen LogP contribution in [-0.4, -0.2) is 48.9 Å². The standard InChI is InChI=1S/C15H20BrN3O2/c1-18(2)15(21)19-9-3-4-11(10-19)14(20)17-13-7-5-12(16)6-8-13/h5-8,11H,3-4,9-10H2,1-2H3,(H,17,20). The Morgan fingerprint density at radius 2 is 1.95 bits per heavy atom. The summed E-state index contributed by atoms with van der Waals surface area (Å²) in [5.41, 5.74) is 0.777. The Labute approximate surface area is 133 Å². The average Bonchev–Trinajstić information content (AvgIpc) is 2.48. The molecule has 3 amide bonds. The quantitative estimate of drug-likeness (QED) is 0.888. The Hall–Kier alpha value is -1.56. The third-order valence-electron chi connectivity index (χ3n) is 3.56. The molecule has 0 spiro atoms. The van der Waals surface area contributed by atoms with Gasteiger partial charge in [-0.2, -0.15) is 0 Å². The van der Waals surface area contributed by atoms with Crippen molar-refractivity contribution in [2.24, 2.45) is 5.92 Å². The largest absolute Gasteiger partial charge is 0.331 e. The lowest BCUT2D eigenvalue weighted by molar-refractivity contribution is -0.121. The second-order valence-electron chi connectivity index (χ2n) is 5.46. The molecule has 0 bridgehead atoms. The molecule has 1 aliphatic rings. The van der Waals surface area contributed by atoms with E-state index in [-0.39, 0.29) is 17.9 Å². The van der Waals surface area contributed by atoms with E-state index in [1.54, 1.807) is 23.9 Å². The molecule has 5 nitrogen and oxygen atoms in total. The van der Waals surface area contributed by atoms with Gasteiger partial charge in [-0.1, -0.05) is 15.9 Å². The van der Waals surface area contributed by atoms with E-state index in [4.69, 9.17) is 0 Å². The lowest BCUT2D eigenvalue weighted by Crippen LogP contribution is -2.47. The number of piperidine rings is 1. The van der Waals surface area contributed by atoms with Crippen LogP contribution in [0.2, 0.25) is 0 Å². The van der Waals surface area contributed by atoms with Crippen LogP contribution in [0, 0.1) is 5.92 Å². The van der Waals surface area contributed by atoms with Crippen LogP contribution in [0.5, 0.6) is 0 Å². The Morgan fingerprint density at radius 3 is 2.57 bits per heavy atom. The van der Waals surface area contributed by atoms with E-state index < -0.39 is 0 Å². The first-order chi connectivity index (χ1) is 9.97. The summed E-state index contributed by atoms with van der Waals surface area (Å²) in [7, 11) is 3.46. The lowest BCUT2D eigenvalue weighted by atomic mass is 9.97. The maximum atomic E-state index is 12.3. The van der Waals surface area contributed by atoms with Crippen LogP contribution in [0.3, 0.4) is 0 Å². The SMILES string of the molecule is CN(C)C(=O)N1CCCC(C(=O)Nc2ccc(Br)cc2)C1. The first kappa shape index (κ1) is 15.8. The van der Waals surface area contributed by atoms with Crippen LogP contribution in [-0.2, 0) is 4.79 Å². The van der Waals surface area contributed by atoms with E-state index in [1.165, 1.54) is 0 Å². The van der Waals surface area contributed by atoms with Crippen LogP contribution < -0.4 is 5.32 Å². The summed E-state index contributed by atoms with van der Waals surface area (Å²) in [5, 5.41) is 2.92. The first-order valence-electron chi connectivity index (χ1n) is 7.00. The third kappa shape index (κ3) is 4.20. The topological polar surface area (TPSA) is 52.7 Å². The molecule has 0 saturated carbocycles. The van der Waals surface area contributed by atoms with Gasteiger partial charge >= 0.3 is 6.03 Å². The number of carbonyl (C=O) groups is 2. The van der Waals surface area contributed by atoms with Crippen LogP contribution in [0.4, 0.5) is 10.5 Å². The zero-order valence-electron chi connectivity index (χ0n) is 12.3. The number of hydrogen-bond acceptors (Lipinski definition) is 2. The molecule has 1 aromatic carbocycles. The highest BCUT2D eigenvalue weighted by molar-refractivity contribution is 9.10. The Bertz CT molecular complexity index is 516. The van der Waals surface area contributed by atoms with E-state index in [0.29, 0.717) is 6.54 Å². The molecule has 2 rings (SSSR count). The molecule has 0 aromatic heterocycles. The lowest BCUT2D eigenvalue weighted by Gasteiger charge is -2.33. The normalized spacial score (nSPS) is 18.2. The number of anilines is 1. The molecule has 1 heterocycles. The Morgan fingerprint density at radius 1 is 1.29 bits per heavy atom. The van der Waals surface area contributed by atoms with Gasteiger partial charge < -0.3 is 15.1 Å². The zero-order valence-corrected chi connectivity index (χ0v) is 13.9. The predicted octanol–water partition coefficient (Wildman–Crippen LogP) is 2.78. The van der Waals surface area contributed by atoms with Crippen molar-refractivity contribution >= 4 is 33.6 Å². The van der Waals surface area contributed by atoms with Gasteiger partial charge in [0.2, 0.25) is 5.91 Å². The summed E-state index contributed by atoms with van der Waals surface area (Å²) in [6.07, 6.45) is 1.68. The van der Waals surface area contributed by atoms with Crippen molar-refractivity contribution in [3.63, 3.8) is 0 Å². The Kier molecular flexibility index (Phi) is 5.22. The minimum atomic E-state index is -0.147. The number of benzene rings is 1. The molecule has 0 radical (unpaired) electrons. The van der Waals surface area contributed by atoms with Crippen molar-refractivity contribution in [2.45, 2.75) is 12.8 Å². The number of hydrogen-bond donors (Lipinski definition) is 1. The van der Waals surface area contributed by atoms with Gasteiger partial charge in [0.1, 0.15) is 0 Å². The number of likely N-dealkylation sites (tertiary alicyclic amines) is 1. The summed E-state index contributed by atoms with van der Waals surface area (Å²) in [6.45, 7) is 1.21. The molecule has 21 heavy (non-hydrogen) atoms. The summed E-state index contributed by atoms with van der Waals surface area (Å²) < 4.78 is 0.973. The molecule has 1 unspecified atom stereocenters. The van der Waals surface area contributed by atoms with Crippen molar-refractivity contribution in [3.05, 3.63) is 28.7 Å². The highest BCUT2D eigenvalue weighted by Gasteiger charge is 2.29. The second-order valence-corrected chi connectivity index (χ2v) is 6.37. The van der Waals surface area contributed by atoms with E-state index in [1.807, 2.05) is 24.3 Å². The summed E-state index contributed by atoms with van der Waals surface area (Å²) in [5.74, 6) is -0.167. The third-order valence-corrected chi connectivity index (χ3v) is 4.09. The van der Waals surface area contributed by atoms with E-state index in [0.717, 1.165) is 29.5 Å². The number of halogens is 1. The molecular weight excluding hydrogens is 334 g/mol. The van der Waals surface area contributed by atoms with Gasteiger partial charge in [0.05, 0.1) is 5.92 Å². The molecule has 1 atom stereocenters. The number of amides is 3. The van der Waals surface area contributed by atoms with Gasteiger partial charge in [0.25, 0.3) is 0 Å². The fourth-order valence-corrected chi connectivity index (χ4v) is 2.69. The van der Waals surface area contributed by atoms with Gasteiger partial charge in [-0.25, -0.2) is 4.79 Å². The number of nitrogens with zero attached hydrogens (tertiary/aromatic N) is 2. The zero-order chi connectivity index (χ0) is 15.4. The van der Waals surface area contributed by atoms with Crippen molar-refractivity contribution < 1.29 is 9.59 Å². The smallest absolute Gasteiger partial charge is 0.319 e. The van der Waals surface area contributed by atoms with Crippen LogP contribution >= 0.6 is 15.9 Å². The van der Waals surface area contributed by atoms with E-state index in [9.17, 15) is 9.59 Å². The monoisotopic (exact) mass is 353 g/mol. The van der Waals surface area contributed by atoms with Gasteiger partial charge in [-0.3, -0.25) is 4.79 Å². The summed E-state index contributed by atoms with van der Waals surface area (Å²) in [6, 6.07) is 7.45. The van der Waals surface area contributed by atoms with Gasteiger partial charge in [0, 0.05) is 37.3 Å². The highest BCUT2D eigenvalue weighted by atomic mass is 79.9. The minimum absolute atomic E-state index is 0.0198. The molecule has 1 N–H and O–H groups in total. The number of urea groups is 1. The average molecular weight is 354 g/mol. The van der Waals surface area contributed by atoms with E-state index >= 15 is 0 Å². The van der Waals surface area contributed by atoms with Crippen LogP contribution in [0.25, 0.3) is 0 Å². The molecule has 114 valence electrons. The molecule has 1 saturated heterocycles. The molecule has 0 aliphatic carbocycles. The van der Waals surface area contributed by atoms with Gasteiger partial charge in [-0.15, -0.1) is 0 Å². The molecular formula is C15H20BrN3O2. The van der Waals surface area contributed by atoms with Gasteiger partial charge in [0.15, 0.2) is 0 Å². The fourth-order valence-electron chi connectivity index (χ4n) is 2.43. The molecule has 1 aliphatic heterocycles. The van der Waals surface area contributed by atoms with Crippen molar-refractivity contribution in [3.8, 4) is 0 Å². The maximum Gasteiger partial charge on any atom is 0.319 e. The predicted molar refractivity (Wildman–Crippen MR) is 86.2 cm³/mol. The highest BCUT2D eigenvalue weighted by Crippen LogP contribution is 2.20. The number of carbonyl (C=O) groups excluding carboxylic acids is 2. The summed E-state index contributed by atoms with van der Waals surface area (Å²) >= 11 is 3.36. The van der Waals surface area contributed by atoms with Crippen molar-refractivity contribution in [2.75, 3.05) is 32.5 Å². The van der Waals surface area contributed by atoms with Crippen LogP contribution in [0.1, 0.15) is 12.8 Å². The number of nitrogens with one attached hydrogen (secondary N) is 1. The second kappa shape index (κ2) is 6.93. The first-order valence-corrected chi connectivity index (χ1v) is 7.79.